The summed E-state index contributed by atoms with van der Waals surface area (Å²) in [6, 6.07) is 0. The molecule has 0 saturated heterocycles. The minimum Gasteiger partial charge on any atom is -0.550 e. The van der Waals surface area contributed by atoms with Gasteiger partial charge in [0.05, 0.1) is 0 Å². The molecule has 11 nitrogen and oxygen atoms in total. The van der Waals surface area contributed by atoms with Gasteiger partial charge in [0.2, 0.25) is 0 Å². The van der Waals surface area contributed by atoms with E-state index in [0.717, 1.165) is 34.6 Å². The molecule has 0 aliphatic rings. The topological polar surface area (TPSA) is 237 Å². The largest absolute Gasteiger partial charge is 4.00 e. The summed E-state index contributed by atoms with van der Waals surface area (Å²) in [5.41, 5.74) is 0. The molecule has 0 aliphatic carbocycles. The van der Waals surface area contributed by atoms with Gasteiger partial charge in [-0.2, -0.15) is 0 Å². The summed E-state index contributed by atoms with van der Waals surface area (Å²) in [7, 11) is 0. The van der Waals surface area contributed by atoms with E-state index < -0.39 is 29.8 Å². The normalized spacial score (nSPS) is 5.68. The average Bonchev–Trinajstić information content (AvgIpc) is 1.94. The van der Waals surface area contributed by atoms with E-state index in [4.69, 9.17) is 49.5 Å². The quantitative estimate of drug-likeness (QED) is 0.401. The number of aliphatic carboxylic acids is 5. The second-order valence-corrected chi connectivity index (χ2v) is 2.46. The molecule has 0 saturated carbocycles. The Balaban J connectivity index is -0.0000000250. The van der Waals surface area contributed by atoms with Crippen molar-refractivity contribution in [3.8, 4) is 0 Å². The van der Waals surface area contributed by atoms with E-state index >= 15 is 0 Å². The van der Waals surface area contributed by atoms with Gasteiger partial charge in [0.25, 0.3) is 0 Å². The zero-order valence-electron chi connectivity index (χ0n) is 13.1. The monoisotopic (exact) mass is 403 g/mol. The molecule has 0 fully saturated rings. The molecule has 0 aliphatic heterocycles. The molecule has 0 aromatic rings. The summed E-state index contributed by atoms with van der Waals surface area (Å²) < 4.78 is 0. The molecular weight excluding hydrogens is 385 g/mol. The molecule has 4 N–H and O–H groups in total. The number of carbonyl (C=O) groups excluding carboxylic acids is 5. The molecule has 0 spiro atoms. The van der Waals surface area contributed by atoms with Crippen molar-refractivity contribution in [1.29, 1.82) is 0 Å². The maximum absolute atomic E-state index is 8.89. The molecule has 0 rings (SSSR count). The van der Waals surface area contributed by atoms with Crippen molar-refractivity contribution < 1.29 is 75.7 Å². The van der Waals surface area contributed by atoms with E-state index in [9.17, 15) is 0 Å². The van der Waals surface area contributed by atoms with Crippen LogP contribution in [0.5, 0.6) is 0 Å². The van der Waals surface area contributed by atoms with Gasteiger partial charge in [-0.15, -0.1) is 0 Å². The Bertz CT molecular complexity index is 216. The summed E-state index contributed by atoms with van der Waals surface area (Å²) in [6.07, 6.45) is 0. The molecule has 0 aromatic carbocycles. The zero-order chi connectivity index (χ0) is 17.9. The molecule has 128 valence electrons. The summed E-state index contributed by atoms with van der Waals surface area (Å²) in [6.45, 7) is 4.86. The minimum atomic E-state index is -1.08. The summed E-state index contributed by atoms with van der Waals surface area (Å²) in [5.74, 6) is -5.42. The van der Waals surface area contributed by atoms with Gasteiger partial charge >= 0.3 is 26.2 Å². The number of hydrogen-bond donors (Lipinski definition) is 1. The number of carboxylic acids is 5. The van der Waals surface area contributed by atoms with Gasteiger partial charge in [-0.3, -0.25) is 0 Å². The van der Waals surface area contributed by atoms with E-state index in [2.05, 4.69) is 0 Å². The van der Waals surface area contributed by atoms with Gasteiger partial charge in [-0.05, 0) is 34.6 Å². The van der Waals surface area contributed by atoms with Gasteiger partial charge < -0.3 is 55.7 Å². The Morgan fingerprint density at radius 1 is 0.455 bits per heavy atom. The first kappa shape index (κ1) is 42.7. The molecule has 22 heavy (non-hydrogen) atoms. The first-order chi connectivity index (χ1) is 8.66. The van der Waals surface area contributed by atoms with Crippen LogP contribution in [0, 0.1) is 0 Å². The van der Waals surface area contributed by atoms with Crippen molar-refractivity contribution in [2.24, 2.45) is 0 Å². The fourth-order valence-corrected chi connectivity index (χ4v) is 0. The van der Waals surface area contributed by atoms with E-state index in [0.29, 0.717) is 0 Å². The third kappa shape index (κ3) is 1650. The fraction of sp³-hybridized carbons (Fsp3) is 0.500. The summed E-state index contributed by atoms with van der Waals surface area (Å²) >= 11 is 0. The minimum absolute atomic E-state index is 0. The predicted octanol–water partition coefficient (Wildman–Crippen LogP) is -5.85. The van der Waals surface area contributed by atoms with Crippen LogP contribution in [0.2, 0.25) is 0 Å². The van der Waals surface area contributed by atoms with Crippen LogP contribution in [0.1, 0.15) is 34.6 Å². The molecule has 0 atom stereocenters. The Kier molecular flexibility index (Phi) is 70.9. The van der Waals surface area contributed by atoms with E-state index in [1.807, 2.05) is 0 Å². The van der Waals surface area contributed by atoms with Crippen LogP contribution >= 0.6 is 0 Å². The second kappa shape index (κ2) is 36.5. The Morgan fingerprint density at radius 2 is 0.455 bits per heavy atom. The SMILES string of the molecule is CC(=O)[O-].CC(=O)[O-].CC(=O)[O-].CC(=O)[O-].CC(=O)[O-].[NH4+].[Zr+4]. The van der Waals surface area contributed by atoms with Crippen LogP contribution in [0.4, 0.5) is 0 Å². The average molecular weight is 404 g/mol. The third-order valence-electron chi connectivity index (χ3n) is 0. The fourth-order valence-electron chi connectivity index (χ4n) is 0. The Hall–Kier alpha value is -1.81. The third-order valence-corrected chi connectivity index (χ3v) is 0. The number of rotatable bonds is 0. The molecule has 0 aromatic heterocycles. The number of hydrogen-bond acceptors (Lipinski definition) is 10. The predicted molar refractivity (Wildman–Crippen MR) is 59.4 cm³/mol. The van der Waals surface area contributed by atoms with Gasteiger partial charge in [0.15, 0.2) is 0 Å². The number of carbonyl (C=O) groups is 5. The maximum atomic E-state index is 8.89. The van der Waals surface area contributed by atoms with Crippen LogP contribution in [0.15, 0.2) is 0 Å². The standard InChI is InChI=1S/5C2H4O2.H3N.Zr/c5*1-2(3)4;;/h5*1H3,(H,3,4);1H3;/q;;;;;;+4/p-4. The molecule has 0 amide bonds. The number of carboxylic acid groups (broad SMARTS) is 5. The van der Waals surface area contributed by atoms with Crippen LogP contribution in [0.25, 0.3) is 0 Å². The van der Waals surface area contributed by atoms with E-state index in [1.165, 1.54) is 0 Å². The van der Waals surface area contributed by atoms with Crippen molar-refractivity contribution in [1.82, 2.24) is 6.15 Å². The summed E-state index contributed by atoms with van der Waals surface area (Å²) in [5, 5.41) is 44.4. The smallest absolute Gasteiger partial charge is 0.550 e. The van der Waals surface area contributed by atoms with Crippen LogP contribution in [-0.2, 0) is 50.2 Å². The maximum Gasteiger partial charge on any atom is 4.00 e. The molecule has 0 bridgehead atoms. The molecule has 0 radical (unpaired) electrons. The van der Waals surface area contributed by atoms with Crippen molar-refractivity contribution >= 4 is 29.8 Å². The molecular formula is C10H19NO10Zr. The molecule has 0 heterocycles. The van der Waals surface area contributed by atoms with Crippen LogP contribution in [-0.4, -0.2) is 29.8 Å². The van der Waals surface area contributed by atoms with Gasteiger partial charge in [-0.25, -0.2) is 0 Å². The Morgan fingerprint density at radius 3 is 0.455 bits per heavy atom. The van der Waals surface area contributed by atoms with Gasteiger partial charge in [0.1, 0.15) is 0 Å². The molecule has 0 unspecified atom stereocenters. The van der Waals surface area contributed by atoms with Crippen molar-refractivity contribution in [3.63, 3.8) is 0 Å². The summed E-state index contributed by atoms with van der Waals surface area (Å²) in [4.78, 5) is 44.4. The van der Waals surface area contributed by atoms with E-state index in [1.54, 1.807) is 0 Å². The van der Waals surface area contributed by atoms with Crippen molar-refractivity contribution in [2.45, 2.75) is 34.6 Å². The Labute approximate surface area is 146 Å². The van der Waals surface area contributed by atoms with E-state index in [-0.39, 0.29) is 32.4 Å². The van der Waals surface area contributed by atoms with Gasteiger partial charge in [-0.1, -0.05) is 0 Å². The van der Waals surface area contributed by atoms with Crippen LogP contribution in [0.3, 0.4) is 0 Å². The number of quaternary nitrogens is 1. The first-order valence-electron chi connectivity index (χ1n) is 4.54. The van der Waals surface area contributed by atoms with Crippen LogP contribution < -0.4 is 31.7 Å². The second-order valence-electron chi connectivity index (χ2n) is 2.46. The van der Waals surface area contributed by atoms with Gasteiger partial charge in [0, 0.05) is 29.8 Å². The molecule has 12 heteroatoms. The van der Waals surface area contributed by atoms with Crippen molar-refractivity contribution in [2.75, 3.05) is 0 Å². The van der Waals surface area contributed by atoms with Crippen molar-refractivity contribution in [3.05, 3.63) is 0 Å². The zero-order valence-corrected chi connectivity index (χ0v) is 15.5. The first-order valence-corrected chi connectivity index (χ1v) is 4.54.